The largest absolute Gasteiger partial charge is 0.448 e. The van der Waals surface area contributed by atoms with Crippen molar-refractivity contribution in [3.05, 3.63) is 23.3 Å². The molecule has 0 aromatic rings. The first-order valence-corrected chi connectivity index (χ1v) is 11.0. The molecule has 30 heavy (non-hydrogen) atoms. The van der Waals surface area contributed by atoms with Crippen molar-refractivity contribution < 1.29 is 27.9 Å². The molecular formula is C24H30F2O4. The molecule has 0 radical (unpaired) electrons. The molecule has 2 fully saturated rings. The first kappa shape index (κ1) is 21.4. The van der Waals surface area contributed by atoms with Gasteiger partial charge in [-0.05, 0) is 61.9 Å². The Morgan fingerprint density at radius 2 is 1.90 bits per heavy atom. The summed E-state index contributed by atoms with van der Waals surface area (Å²) in [4.78, 5) is 36.3. The molecule has 0 aromatic carbocycles. The Kier molecular flexibility index (Phi) is 5.26. The number of allylic oxidation sites excluding steroid dienone is 4. The topological polar surface area (TPSA) is 60.4 Å². The van der Waals surface area contributed by atoms with Gasteiger partial charge in [-0.3, -0.25) is 14.4 Å². The lowest BCUT2D eigenvalue weighted by atomic mass is 9.51. The maximum Gasteiger partial charge on any atom is 0.303 e. The lowest BCUT2D eigenvalue weighted by Crippen LogP contribution is -2.48. The van der Waals surface area contributed by atoms with Crippen LogP contribution in [0.1, 0.15) is 65.7 Å². The van der Waals surface area contributed by atoms with E-state index in [1.54, 1.807) is 0 Å². The summed E-state index contributed by atoms with van der Waals surface area (Å²) in [5.41, 5.74) is 2.11. The van der Waals surface area contributed by atoms with Gasteiger partial charge < -0.3 is 4.74 Å². The number of carbonyl (C=O) groups excluding carboxylic acids is 3. The quantitative estimate of drug-likeness (QED) is 0.483. The maximum atomic E-state index is 13.5. The Balaban J connectivity index is 1.64. The first-order valence-electron chi connectivity index (χ1n) is 11.0. The fourth-order valence-corrected chi connectivity index (χ4v) is 6.93. The summed E-state index contributed by atoms with van der Waals surface area (Å²) in [6.45, 7) is 5.34. The number of halogens is 2. The number of esters is 1. The van der Waals surface area contributed by atoms with Crippen molar-refractivity contribution in [3.8, 4) is 0 Å². The highest BCUT2D eigenvalue weighted by Gasteiger charge is 2.58. The number of Topliss-reactive ketones (excluding diaryl/α,β-unsaturated/α-hetero) is 1. The third-order valence-corrected chi connectivity index (χ3v) is 8.48. The molecule has 4 aliphatic rings. The maximum absolute atomic E-state index is 13.5. The predicted octanol–water partition coefficient (Wildman–Crippen LogP) is 4.82. The van der Waals surface area contributed by atoms with Crippen LogP contribution < -0.4 is 0 Å². The molecule has 2 saturated carbocycles. The van der Waals surface area contributed by atoms with Crippen LogP contribution in [0.4, 0.5) is 8.78 Å². The van der Waals surface area contributed by atoms with E-state index < -0.39 is 35.6 Å². The SMILES string of the molecule is CC(=O)OC(C(=O)[C@H]1CC[C@H]2[C@@H]3CCC4=CC(=O)CC[C@]4(C)C3=CC[C@]12C)C(F)F. The van der Waals surface area contributed by atoms with Crippen molar-refractivity contribution in [2.45, 2.75) is 78.2 Å². The Morgan fingerprint density at radius 1 is 1.17 bits per heavy atom. The van der Waals surface area contributed by atoms with Gasteiger partial charge >= 0.3 is 5.97 Å². The van der Waals surface area contributed by atoms with Crippen molar-refractivity contribution in [2.24, 2.45) is 28.6 Å². The molecule has 4 rings (SSSR count). The van der Waals surface area contributed by atoms with Gasteiger partial charge in [0.25, 0.3) is 6.43 Å². The average molecular weight is 420 g/mol. The summed E-state index contributed by atoms with van der Waals surface area (Å²) in [6, 6.07) is 0. The number of hydrogen-bond donors (Lipinski definition) is 0. The van der Waals surface area contributed by atoms with Crippen LogP contribution in [0, 0.1) is 28.6 Å². The van der Waals surface area contributed by atoms with E-state index in [1.807, 2.05) is 6.08 Å². The zero-order valence-corrected chi connectivity index (χ0v) is 17.9. The molecule has 6 atom stereocenters. The van der Waals surface area contributed by atoms with Crippen molar-refractivity contribution in [1.29, 1.82) is 0 Å². The van der Waals surface area contributed by atoms with Crippen LogP contribution in [0.3, 0.4) is 0 Å². The second kappa shape index (κ2) is 7.38. The van der Waals surface area contributed by atoms with Crippen LogP contribution in [-0.4, -0.2) is 30.1 Å². The van der Waals surface area contributed by atoms with Gasteiger partial charge in [-0.25, -0.2) is 8.78 Å². The Bertz CT molecular complexity index is 844. The van der Waals surface area contributed by atoms with E-state index in [-0.39, 0.29) is 17.1 Å². The highest BCUT2D eigenvalue weighted by atomic mass is 19.3. The highest BCUT2D eigenvalue weighted by molar-refractivity contribution is 5.92. The Morgan fingerprint density at radius 3 is 2.57 bits per heavy atom. The Labute approximate surface area is 176 Å². The summed E-state index contributed by atoms with van der Waals surface area (Å²) >= 11 is 0. The third kappa shape index (κ3) is 3.18. The van der Waals surface area contributed by atoms with Gasteiger partial charge in [-0.2, -0.15) is 0 Å². The van der Waals surface area contributed by atoms with Crippen molar-refractivity contribution in [1.82, 2.24) is 0 Å². The molecule has 4 nitrogen and oxygen atoms in total. The van der Waals surface area contributed by atoms with Crippen molar-refractivity contribution in [3.63, 3.8) is 0 Å². The second-order valence-corrected chi connectivity index (χ2v) is 9.99. The van der Waals surface area contributed by atoms with E-state index in [2.05, 4.69) is 19.9 Å². The van der Waals surface area contributed by atoms with Crippen LogP contribution in [0.2, 0.25) is 0 Å². The summed E-state index contributed by atoms with van der Waals surface area (Å²) in [5.74, 6) is -1.25. The van der Waals surface area contributed by atoms with Gasteiger partial charge in [0.05, 0.1) is 0 Å². The van der Waals surface area contributed by atoms with Gasteiger partial charge in [0, 0.05) is 24.7 Å². The molecule has 0 aliphatic heterocycles. The van der Waals surface area contributed by atoms with Crippen LogP contribution in [-0.2, 0) is 19.1 Å². The van der Waals surface area contributed by atoms with Crippen molar-refractivity contribution >= 4 is 17.5 Å². The van der Waals surface area contributed by atoms with Gasteiger partial charge in [-0.15, -0.1) is 0 Å². The molecule has 0 heterocycles. The fourth-order valence-electron chi connectivity index (χ4n) is 6.93. The minimum atomic E-state index is -3.01. The second-order valence-electron chi connectivity index (χ2n) is 9.99. The van der Waals surface area contributed by atoms with E-state index in [0.29, 0.717) is 25.2 Å². The molecule has 0 aromatic heterocycles. The van der Waals surface area contributed by atoms with E-state index in [1.165, 1.54) is 11.1 Å². The van der Waals surface area contributed by atoms with Gasteiger partial charge in [0.1, 0.15) is 0 Å². The zero-order valence-electron chi connectivity index (χ0n) is 17.9. The van der Waals surface area contributed by atoms with E-state index >= 15 is 0 Å². The zero-order chi connectivity index (χ0) is 21.8. The normalized spacial score (nSPS) is 38.7. The van der Waals surface area contributed by atoms with E-state index in [0.717, 1.165) is 32.6 Å². The summed E-state index contributed by atoms with van der Waals surface area (Å²) < 4.78 is 31.7. The molecule has 1 unspecified atom stereocenters. The summed E-state index contributed by atoms with van der Waals surface area (Å²) in [5, 5.41) is 0. The van der Waals surface area contributed by atoms with E-state index in [9.17, 15) is 23.2 Å². The number of hydrogen-bond acceptors (Lipinski definition) is 4. The van der Waals surface area contributed by atoms with E-state index in [4.69, 9.17) is 4.74 Å². The predicted molar refractivity (Wildman–Crippen MR) is 107 cm³/mol. The smallest absolute Gasteiger partial charge is 0.303 e. The molecule has 0 N–H and O–H groups in total. The average Bonchev–Trinajstić information content (AvgIpc) is 3.03. The van der Waals surface area contributed by atoms with Crippen molar-refractivity contribution in [2.75, 3.05) is 0 Å². The highest BCUT2D eigenvalue weighted by Crippen LogP contribution is 2.64. The molecule has 0 saturated heterocycles. The standard InChI is InChI=1S/C24H30F2O4/c1-13(27)30-21(22(25)26)20(29)19-7-6-17-16-5-4-14-12-15(28)8-10-23(14,2)18(16)9-11-24(17,19)3/h9,12,16-17,19,21-22H,4-8,10-11H2,1-3H3/t16-,17-,19+,21?,23-,24-/m0/s1. The van der Waals surface area contributed by atoms with Crippen LogP contribution in [0.5, 0.6) is 0 Å². The molecule has 0 spiro atoms. The van der Waals surface area contributed by atoms with Gasteiger partial charge in [-0.1, -0.05) is 31.1 Å². The molecule has 6 heteroatoms. The Hall–Kier alpha value is -1.85. The summed E-state index contributed by atoms with van der Waals surface area (Å²) in [7, 11) is 0. The number of carbonyl (C=O) groups is 3. The lowest BCUT2D eigenvalue weighted by molar-refractivity contribution is -0.166. The minimum absolute atomic E-state index is 0.0937. The summed E-state index contributed by atoms with van der Waals surface area (Å²) in [6.07, 6.45) is 4.31. The number of ether oxygens (including phenoxy) is 1. The monoisotopic (exact) mass is 420 g/mol. The molecule has 0 amide bonds. The molecule has 4 aliphatic carbocycles. The molecular weight excluding hydrogens is 390 g/mol. The van der Waals surface area contributed by atoms with Gasteiger partial charge in [0.15, 0.2) is 11.6 Å². The van der Waals surface area contributed by atoms with Crippen LogP contribution >= 0.6 is 0 Å². The third-order valence-electron chi connectivity index (χ3n) is 8.48. The molecule has 164 valence electrons. The number of rotatable bonds is 4. The minimum Gasteiger partial charge on any atom is -0.448 e. The first-order chi connectivity index (χ1) is 14.1. The van der Waals surface area contributed by atoms with Crippen LogP contribution in [0.15, 0.2) is 23.3 Å². The van der Waals surface area contributed by atoms with Gasteiger partial charge in [0.2, 0.25) is 6.10 Å². The fraction of sp³-hybridized carbons (Fsp3) is 0.708. The number of alkyl halides is 2. The molecule has 0 bridgehead atoms. The number of ketones is 2. The van der Waals surface area contributed by atoms with Crippen LogP contribution in [0.25, 0.3) is 0 Å². The number of fused-ring (bicyclic) bond motifs is 5. The lowest BCUT2D eigenvalue weighted by Gasteiger charge is -2.53.